The van der Waals surface area contributed by atoms with Gasteiger partial charge in [-0.05, 0) is 20.3 Å². The molecule has 0 aliphatic rings. The van der Waals surface area contributed by atoms with E-state index in [1.807, 2.05) is 20.0 Å². The average Bonchev–Trinajstić information content (AvgIpc) is 2.64. The number of aromatic nitrogens is 1. The van der Waals surface area contributed by atoms with Crippen molar-refractivity contribution in [3.8, 4) is 0 Å². The number of aryl methyl sites for hydroxylation is 1. The Hall–Kier alpha value is -0.940. The van der Waals surface area contributed by atoms with Gasteiger partial charge in [0.05, 0.1) is 11.6 Å². The minimum absolute atomic E-state index is 0.0622. The largest absolute Gasteiger partial charge is 0.353 e. The fourth-order valence-electron chi connectivity index (χ4n) is 1.62. The molecule has 1 heterocycles. The predicted molar refractivity (Wildman–Crippen MR) is 71.1 cm³/mol. The molecule has 0 fully saturated rings. The summed E-state index contributed by atoms with van der Waals surface area (Å²) in [4.78, 5) is 16.9. The number of amides is 1. The molecule has 1 atom stereocenters. The van der Waals surface area contributed by atoms with E-state index in [-0.39, 0.29) is 11.9 Å². The Balaban J connectivity index is 2.16. The van der Waals surface area contributed by atoms with Gasteiger partial charge < -0.3 is 10.6 Å². The summed E-state index contributed by atoms with van der Waals surface area (Å²) in [5, 5.41) is 7.14. The Morgan fingerprint density at radius 2 is 2.35 bits per heavy atom. The van der Waals surface area contributed by atoms with Crippen molar-refractivity contribution in [3.63, 3.8) is 0 Å². The smallest absolute Gasteiger partial charge is 0.234 e. The van der Waals surface area contributed by atoms with Crippen LogP contribution in [0.25, 0.3) is 0 Å². The second-order valence-electron chi connectivity index (χ2n) is 4.21. The van der Waals surface area contributed by atoms with Crippen molar-refractivity contribution in [1.82, 2.24) is 15.6 Å². The SMILES string of the molecule is CCCC(C)NC(=O)CNCc1cnc(C)s1. The molecule has 0 bridgehead atoms. The maximum absolute atomic E-state index is 11.5. The van der Waals surface area contributed by atoms with E-state index in [4.69, 9.17) is 0 Å². The maximum Gasteiger partial charge on any atom is 0.234 e. The molecule has 1 aromatic heterocycles. The van der Waals surface area contributed by atoms with Crippen molar-refractivity contribution >= 4 is 17.2 Å². The standard InChI is InChI=1S/C12H21N3OS/c1-4-5-9(2)15-12(16)8-13-6-11-7-14-10(3)17-11/h7,9,13H,4-6,8H2,1-3H3,(H,15,16). The summed E-state index contributed by atoms with van der Waals surface area (Å²) in [5.41, 5.74) is 0. The molecule has 0 saturated carbocycles. The maximum atomic E-state index is 11.5. The Morgan fingerprint density at radius 3 is 2.94 bits per heavy atom. The minimum atomic E-state index is 0.0622. The van der Waals surface area contributed by atoms with Crippen LogP contribution >= 0.6 is 11.3 Å². The van der Waals surface area contributed by atoms with Crippen molar-refractivity contribution in [1.29, 1.82) is 0 Å². The second-order valence-corrected chi connectivity index (χ2v) is 5.53. The van der Waals surface area contributed by atoms with Crippen LogP contribution in [0.2, 0.25) is 0 Å². The predicted octanol–water partition coefficient (Wildman–Crippen LogP) is 1.85. The van der Waals surface area contributed by atoms with E-state index in [9.17, 15) is 4.79 Å². The lowest BCUT2D eigenvalue weighted by atomic mass is 10.2. The van der Waals surface area contributed by atoms with Gasteiger partial charge in [0.1, 0.15) is 0 Å². The van der Waals surface area contributed by atoms with Gasteiger partial charge >= 0.3 is 0 Å². The van der Waals surface area contributed by atoms with Gasteiger partial charge in [0.2, 0.25) is 5.91 Å². The van der Waals surface area contributed by atoms with Crippen LogP contribution in [0.1, 0.15) is 36.6 Å². The van der Waals surface area contributed by atoms with Gasteiger partial charge in [0.25, 0.3) is 0 Å². The summed E-state index contributed by atoms with van der Waals surface area (Å²) in [6.45, 7) is 7.21. The van der Waals surface area contributed by atoms with Crippen molar-refractivity contribution in [2.24, 2.45) is 0 Å². The second kappa shape index (κ2) is 7.40. The van der Waals surface area contributed by atoms with E-state index in [0.29, 0.717) is 13.1 Å². The molecule has 0 aliphatic carbocycles. The number of carbonyl (C=O) groups excluding carboxylic acids is 1. The molecular weight excluding hydrogens is 234 g/mol. The Kier molecular flexibility index (Phi) is 6.15. The third kappa shape index (κ3) is 5.79. The van der Waals surface area contributed by atoms with Gasteiger partial charge in [-0.25, -0.2) is 4.98 Å². The highest BCUT2D eigenvalue weighted by Crippen LogP contribution is 2.10. The van der Waals surface area contributed by atoms with Gasteiger partial charge in [-0.2, -0.15) is 0 Å². The number of rotatable bonds is 7. The van der Waals surface area contributed by atoms with Crippen LogP contribution in [-0.4, -0.2) is 23.5 Å². The Labute approximate surface area is 107 Å². The van der Waals surface area contributed by atoms with Gasteiger partial charge in [0, 0.05) is 23.7 Å². The fraction of sp³-hybridized carbons (Fsp3) is 0.667. The summed E-state index contributed by atoms with van der Waals surface area (Å²) in [6.07, 6.45) is 3.97. The third-order valence-corrected chi connectivity index (χ3v) is 3.30. The molecule has 4 nitrogen and oxygen atoms in total. The first-order valence-corrected chi connectivity index (χ1v) is 6.84. The summed E-state index contributed by atoms with van der Waals surface area (Å²) in [6, 6.07) is 0.264. The van der Waals surface area contributed by atoms with E-state index >= 15 is 0 Å². The lowest BCUT2D eigenvalue weighted by Crippen LogP contribution is -2.38. The van der Waals surface area contributed by atoms with Gasteiger partial charge in [-0.3, -0.25) is 4.79 Å². The highest BCUT2D eigenvalue weighted by Gasteiger charge is 2.06. The molecule has 1 amide bonds. The molecule has 1 aromatic rings. The third-order valence-electron chi connectivity index (χ3n) is 2.38. The zero-order valence-electron chi connectivity index (χ0n) is 10.7. The van der Waals surface area contributed by atoms with Crippen LogP contribution in [0, 0.1) is 6.92 Å². The monoisotopic (exact) mass is 255 g/mol. The molecule has 5 heteroatoms. The summed E-state index contributed by atoms with van der Waals surface area (Å²) >= 11 is 1.66. The zero-order valence-corrected chi connectivity index (χ0v) is 11.6. The Morgan fingerprint density at radius 1 is 1.59 bits per heavy atom. The van der Waals surface area contributed by atoms with E-state index in [0.717, 1.165) is 22.7 Å². The van der Waals surface area contributed by atoms with Crippen LogP contribution in [0.3, 0.4) is 0 Å². The van der Waals surface area contributed by atoms with Crippen molar-refractivity contribution < 1.29 is 4.79 Å². The molecular formula is C12H21N3OS. The molecule has 1 rings (SSSR count). The molecule has 0 saturated heterocycles. The lowest BCUT2D eigenvalue weighted by Gasteiger charge is -2.12. The van der Waals surface area contributed by atoms with Crippen LogP contribution in [0.15, 0.2) is 6.20 Å². The normalized spacial score (nSPS) is 12.4. The lowest BCUT2D eigenvalue weighted by molar-refractivity contribution is -0.120. The summed E-state index contributed by atoms with van der Waals surface area (Å²) in [5.74, 6) is 0.0622. The quantitative estimate of drug-likeness (QED) is 0.782. The van der Waals surface area contributed by atoms with Crippen molar-refractivity contribution in [3.05, 3.63) is 16.1 Å². The topological polar surface area (TPSA) is 54.0 Å². The molecule has 0 radical (unpaired) electrons. The zero-order chi connectivity index (χ0) is 12.7. The first kappa shape index (κ1) is 14.1. The first-order valence-electron chi connectivity index (χ1n) is 6.03. The van der Waals surface area contributed by atoms with Crippen LogP contribution < -0.4 is 10.6 Å². The highest BCUT2D eigenvalue weighted by molar-refractivity contribution is 7.11. The van der Waals surface area contributed by atoms with Crippen LogP contribution in [0.5, 0.6) is 0 Å². The van der Waals surface area contributed by atoms with Gasteiger partial charge in [-0.15, -0.1) is 11.3 Å². The number of nitrogens with one attached hydrogen (secondary N) is 2. The van der Waals surface area contributed by atoms with Gasteiger partial charge in [0.15, 0.2) is 0 Å². The molecule has 0 spiro atoms. The number of hydrogen-bond acceptors (Lipinski definition) is 4. The van der Waals surface area contributed by atoms with Crippen LogP contribution in [-0.2, 0) is 11.3 Å². The summed E-state index contributed by atoms with van der Waals surface area (Å²) < 4.78 is 0. The molecule has 1 unspecified atom stereocenters. The van der Waals surface area contributed by atoms with E-state index in [2.05, 4.69) is 22.5 Å². The average molecular weight is 255 g/mol. The molecule has 0 aliphatic heterocycles. The van der Waals surface area contributed by atoms with Crippen molar-refractivity contribution in [2.75, 3.05) is 6.54 Å². The molecule has 96 valence electrons. The van der Waals surface area contributed by atoms with E-state index < -0.39 is 0 Å². The van der Waals surface area contributed by atoms with E-state index in [1.54, 1.807) is 11.3 Å². The van der Waals surface area contributed by atoms with Gasteiger partial charge in [-0.1, -0.05) is 13.3 Å². The molecule has 2 N–H and O–H groups in total. The Bertz CT molecular complexity index is 351. The number of thiazole rings is 1. The van der Waals surface area contributed by atoms with Crippen molar-refractivity contribution in [2.45, 2.75) is 46.2 Å². The fourth-order valence-corrected chi connectivity index (χ4v) is 2.38. The van der Waals surface area contributed by atoms with Crippen LogP contribution in [0.4, 0.5) is 0 Å². The molecule has 17 heavy (non-hydrogen) atoms. The van der Waals surface area contributed by atoms with E-state index in [1.165, 1.54) is 0 Å². The number of nitrogens with zero attached hydrogens (tertiary/aromatic N) is 1. The number of hydrogen-bond donors (Lipinski definition) is 2. The highest BCUT2D eigenvalue weighted by atomic mass is 32.1. The molecule has 0 aromatic carbocycles. The minimum Gasteiger partial charge on any atom is -0.353 e. The number of carbonyl (C=O) groups is 1. The summed E-state index contributed by atoms with van der Waals surface area (Å²) in [7, 11) is 0. The first-order chi connectivity index (χ1) is 8.11.